The van der Waals surface area contributed by atoms with Gasteiger partial charge in [-0.05, 0) is 68.0 Å². The van der Waals surface area contributed by atoms with Gasteiger partial charge in [-0.25, -0.2) is 19.3 Å². The Morgan fingerprint density at radius 2 is 1.95 bits per heavy atom. The van der Waals surface area contributed by atoms with Crippen molar-refractivity contribution in [2.45, 2.75) is 50.1 Å². The van der Waals surface area contributed by atoms with Crippen molar-refractivity contribution in [3.8, 4) is 22.8 Å². The Labute approximate surface area is 218 Å². The Morgan fingerprint density at radius 1 is 1.00 bits per heavy atom. The van der Waals surface area contributed by atoms with Gasteiger partial charge >= 0.3 is 0 Å². The Hall–Kier alpha value is -3.98. The largest absolute Gasteiger partial charge is 0.351 e. The molecule has 190 valence electrons. The number of H-pyrrole nitrogens is 1. The number of aromatic nitrogens is 6. The zero-order valence-corrected chi connectivity index (χ0v) is 20.9. The highest BCUT2D eigenvalue weighted by atomic mass is 19.1. The number of hydrogen-bond acceptors (Lipinski definition) is 7. The number of pyridine rings is 3. The van der Waals surface area contributed by atoms with Gasteiger partial charge < -0.3 is 15.2 Å². The Bertz CT molecular complexity index is 1690. The molecule has 0 radical (unpaired) electrons. The maximum Gasteiger partial charge on any atom is 0.163 e. The van der Waals surface area contributed by atoms with Gasteiger partial charge in [0.05, 0.1) is 17.4 Å². The van der Waals surface area contributed by atoms with Crippen molar-refractivity contribution < 1.29 is 4.39 Å². The second-order valence-electron chi connectivity index (χ2n) is 10.7. The van der Waals surface area contributed by atoms with Crippen molar-refractivity contribution in [3.05, 3.63) is 60.4 Å². The zero-order valence-electron chi connectivity index (χ0n) is 20.9. The highest BCUT2D eigenvalue weighted by molar-refractivity contribution is 5.98. The molecular weight excluding hydrogens is 479 g/mol. The summed E-state index contributed by atoms with van der Waals surface area (Å²) in [6.07, 6.45) is 13.1. The fraction of sp³-hybridized carbons (Fsp3) is 0.345. The smallest absolute Gasteiger partial charge is 0.163 e. The van der Waals surface area contributed by atoms with Crippen molar-refractivity contribution in [1.29, 1.82) is 0 Å². The summed E-state index contributed by atoms with van der Waals surface area (Å²) in [7, 11) is 0. The topological polar surface area (TPSA) is 95.5 Å². The van der Waals surface area contributed by atoms with E-state index in [1.165, 1.54) is 30.9 Å². The third-order valence-electron chi connectivity index (χ3n) is 8.61. The molecule has 7 heterocycles. The molecule has 8 nitrogen and oxygen atoms in total. The van der Waals surface area contributed by atoms with Crippen LogP contribution in [0, 0.1) is 5.82 Å². The maximum atomic E-state index is 14.5. The van der Waals surface area contributed by atoms with Crippen LogP contribution >= 0.6 is 0 Å². The van der Waals surface area contributed by atoms with Crippen LogP contribution in [0.2, 0.25) is 0 Å². The van der Waals surface area contributed by atoms with Crippen molar-refractivity contribution >= 4 is 27.8 Å². The first kappa shape index (κ1) is 22.0. The van der Waals surface area contributed by atoms with Crippen molar-refractivity contribution in [3.63, 3.8) is 0 Å². The van der Waals surface area contributed by atoms with E-state index in [1.54, 1.807) is 18.5 Å². The first-order chi connectivity index (χ1) is 18.7. The molecule has 2 N–H and O–H groups in total. The minimum atomic E-state index is -0.381. The Morgan fingerprint density at radius 3 is 2.82 bits per heavy atom. The van der Waals surface area contributed by atoms with Gasteiger partial charge in [-0.2, -0.15) is 0 Å². The molecule has 0 unspecified atom stereocenters. The van der Waals surface area contributed by atoms with Gasteiger partial charge in [0.1, 0.15) is 17.2 Å². The summed E-state index contributed by atoms with van der Waals surface area (Å²) in [6, 6.07) is 7.77. The van der Waals surface area contributed by atoms with Gasteiger partial charge in [-0.15, -0.1) is 0 Å². The average molecular weight is 507 g/mol. The van der Waals surface area contributed by atoms with Crippen LogP contribution in [0.1, 0.15) is 43.6 Å². The lowest BCUT2D eigenvalue weighted by atomic mass is 9.79. The molecule has 1 aliphatic carbocycles. The number of halogens is 1. The Kier molecular flexibility index (Phi) is 4.95. The quantitative estimate of drug-likeness (QED) is 0.355. The average Bonchev–Trinajstić information content (AvgIpc) is 3.63. The van der Waals surface area contributed by atoms with Gasteiger partial charge in [0.25, 0.3) is 0 Å². The van der Waals surface area contributed by atoms with E-state index >= 15 is 0 Å². The van der Waals surface area contributed by atoms with Crippen LogP contribution in [0.15, 0.2) is 49.1 Å². The van der Waals surface area contributed by atoms with E-state index in [4.69, 9.17) is 9.97 Å². The zero-order chi connectivity index (χ0) is 25.2. The minimum absolute atomic E-state index is 0.266. The number of aromatic amines is 1. The van der Waals surface area contributed by atoms with E-state index in [9.17, 15) is 4.39 Å². The standard InChI is InChI=1S/C29H27FN8/c30-20-5-2-9-33-26(20)22-13-18-17(6-10-34-27(18)35-22)28-36-23-15-31-14-19(16-3-1-4-16)25(23)29(37-28)38-12-8-21-24(38)7-11-32-21/h2,5-6,9-10,13-16,21,24,32H,1,3-4,7-8,11-12H2,(H,34,35)/t21-,24-/m1/s1. The van der Waals surface area contributed by atoms with Crippen molar-refractivity contribution in [1.82, 2.24) is 35.2 Å². The third kappa shape index (κ3) is 3.34. The second kappa shape index (κ2) is 8.52. The fourth-order valence-electron chi connectivity index (χ4n) is 6.51. The minimum Gasteiger partial charge on any atom is -0.351 e. The van der Waals surface area contributed by atoms with E-state index < -0.39 is 0 Å². The van der Waals surface area contributed by atoms with Crippen LogP contribution in [-0.2, 0) is 0 Å². The number of hydrogen-bond donors (Lipinski definition) is 2. The van der Waals surface area contributed by atoms with E-state index in [2.05, 4.69) is 30.2 Å². The summed E-state index contributed by atoms with van der Waals surface area (Å²) >= 11 is 0. The highest BCUT2D eigenvalue weighted by Crippen LogP contribution is 2.44. The predicted molar refractivity (Wildman–Crippen MR) is 144 cm³/mol. The summed E-state index contributed by atoms with van der Waals surface area (Å²) in [5.74, 6) is 1.79. The van der Waals surface area contributed by atoms with Gasteiger partial charge in [-0.3, -0.25) is 9.97 Å². The first-order valence-electron chi connectivity index (χ1n) is 13.5. The van der Waals surface area contributed by atoms with Crippen LogP contribution in [0.3, 0.4) is 0 Å². The van der Waals surface area contributed by atoms with Gasteiger partial charge in [0.15, 0.2) is 11.6 Å². The Balaban J connectivity index is 1.33. The lowest BCUT2D eigenvalue weighted by molar-refractivity contribution is 0.421. The summed E-state index contributed by atoms with van der Waals surface area (Å²) in [6.45, 7) is 2.01. The number of nitrogens with one attached hydrogen (secondary N) is 2. The van der Waals surface area contributed by atoms with Crippen molar-refractivity contribution in [2.75, 3.05) is 18.0 Å². The van der Waals surface area contributed by atoms with E-state index in [1.807, 2.05) is 24.5 Å². The van der Waals surface area contributed by atoms with Crippen LogP contribution < -0.4 is 10.2 Å². The summed E-state index contributed by atoms with van der Waals surface area (Å²) in [5.41, 5.74) is 4.50. The summed E-state index contributed by atoms with van der Waals surface area (Å²) in [5, 5.41) is 5.66. The molecule has 3 aliphatic rings. The lowest BCUT2D eigenvalue weighted by Gasteiger charge is -2.30. The number of fused-ring (bicyclic) bond motifs is 3. The number of anilines is 1. The molecule has 2 saturated heterocycles. The molecule has 8 rings (SSSR count). The van der Waals surface area contributed by atoms with Gasteiger partial charge in [0.2, 0.25) is 0 Å². The van der Waals surface area contributed by atoms with E-state index in [0.29, 0.717) is 35.2 Å². The maximum absolute atomic E-state index is 14.5. The summed E-state index contributed by atoms with van der Waals surface area (Å²) in [4.78, 5) is 29.5. The molecule has 9 heteroatoms. The fourth-order valence-corrected chi connectivity index (χ4v) is 6.51. The van der Waals surface area contributed by atoms with E-state index in [0.717, 1.165) is 53.6 Å². The van der Waals surface area contributed by atoms with Crippen LogP contribution in [0.4, 0.5) is 10.2 Å². The monoisotopic (exact) mass is 506 g/mol. The van der Waals surface area contributed by atoms with E-state index in [-0.39, 0.29) is 11.5 Å². The van der Waals surface area contributed by atoms with Crippen LogP contribution in [0.25, 0.3) is 44.7 Å². The third-order valence-corrected chi connectivity index (χ3v) is 8.61. The van der Waals surface area contributed by atoms with Crippen LogP contribution in [0.5, 0.6) is 0 Å². The molecule has 0 bridgehead atoms. The molecule has 0 spiro atoms. The van der Waals surface area contributed by atoms with Crippen LogP contribution in [-0.4, -0.2) is 55.1 Å². The SMILES string of the molecule is Fc1cccnc1-c1cc2c(-c3nc(N4CC[C@H]5NCC[C@H]54)c4c(C5CCC5)cncc4n3)ccnc2[nH]1. The molecule has 2 aliphatic heterocycles. The normalized spacial score (nSPS) is 21.3. The first-order valence-corrected chi connectivity index (χ1v) is 13.5. The van der Waals surface area contributed by atoms with Gasteiger partial charge in [0, 0.05) is 53.6 Å². The molecule has 3 fully saturated rings. The lowest BCUT2D eigenvalue weighted by Crippen LogP contribution is -2.35. The molecule has 0 amide bonds. The highest BCUT2D eigenvalue weighted by Gasteiger charge is 2.39. The molecule has 2 atom stereocenters. The van der Waals surface area contributed by atoms with Gasteiger partial charge in [-0.1, -0.05) is 6.42 Å². The molecule has 5 aromatic heterocycles. The number of nitrogens with zero attached hydrogens (tertiary/aromatic N) is 6. The number of rotatable bonds is 4. The molecule has 5 aromatic rings. The molecule has 1 saturated carbocycles. The molecular formula is C29H27FN8. The second-order valence-corrected chi connectivity index (χ2v) is 10.7. The molecule has 0 aromatic carbocycles. The predicted octanol–water partition coefficient (Wildman–Crippen LogP) is 4.98. The van der Waals surface area contributed by atoms with Crippen molar-refractivity contribution in [2.24, 2.45) is 0 Å². The summed E-state index contributed by atoms with van der Waals surface area (Å²) < 4.78 is 14.5. The molecule has 38 heavy (non-hydrogen) atoms.